The van der Waals surface area contributed by atoms with Gasteiger partial charge >= 0.3 is 0 Å². The first-order valence-corrected chi connectivity index (χ1v) is 5.94. The van der Waals surface area contributed by atoms with Crippen LogP contribution in [0.15, 0.2) is 24.3 Å². The predicted molar refractivity (Wildman–Crippen MR) is 70.5 cm³/mol. The number of nitrogens with zero attached hydrogens (tertiary/aromatic N) is 2. The third kappa shape index (κ3) is 2.87. The molecule has 5 nitrogen and oxygen atoms in total. The Kier molecular flexibility index (Phi) is 3.62. The Hall–Kier alpha value is -1.88. The molecule has 2 rings (SSSR count). The Balaban J connectivity index is 2.23. The van der Waals surface area contributed by atoms with Crippen molar-refractivity contribution in [1.82, 2.24) is 15.2 Å². The minimum absolute atomic E-state index is 0.236. The SMILES string of the molecule is Cc1nc(-c2cccc(NC(=O)C(C)Cl)c2)n[nH]1. The minimum Gasteiger partial charge on any atom is -0.325 e. The normalized spacial score (nSPS) is 12.2. The number of halogens is 1. The van der Waals surface area contributed by atoms with Crippen molar-refractivity contribution < 1.29 is 4.79 Å². The highest BCUT2D eigenvalue weighted by atomic mass is 35.5. The van der Waals surface area contributed by atoms with Gasteiger partial charge < -0.3 is 5.32 Å². The molecular formula is C12H13ClN4O. The van der Waals surface area contributed by atoms with Crippen LogP contribution in [0.25, 0.3) is 11.4 Å². The lowest BCUT2D eigenvalue weighted by Gasteiger charge is -2.07. The highest BCUT2D eigenvalue weighted by Gasteiger charge is 2.10. The number of aromatic nitrogens is 3. The lowest BCUT2D eigenvalue weighted by atomic mass is 10.2. The highest BCUT2D eigenvalue weighted by Crippen LogP contribution is 2.19. The molecule has 94 valence electrons. The van der Waals surface area contributed by atoms with E-state index >= 15 is 0 Å². The van der Waals surface area contributed by atoms with Crippen molar-refractivity contribution in [3.8, 4) is 11.4 Å². The topological polar surface area (TPSA) is 70.7 Å². The van der Waals surface area contributed by atoms with Gasteiger partial charge in [-0.25, -0.2) is 4.98 Å². The van der Waals surface area contributed by atoms with Crippen molar-refractivity contribution in [1.29, 1.82) is 0 Å². The zero-order valence-corrected chi connectivity index (χ0v) is 10.8. The van der Waals surface area contributed by atoms with Gasteiger partial charge in [0.15, 0.2) is 5.82 Å². The molecule has 1 amide bonds. The van der Waals surface area contributed by atoms with E-state index in [0.29, 0.717) is 11.5 Å². The van der Waals surface area contributed by atoms with Gasteiger partial charge in [0.2, 0.25) is 5.91 Å². The fraction of sp³-hybridized carbons (Fsp3) is 0.250. The van der Waals surface area contributed by atoms with E-state index in [1.807, 2.05) is 19.1 Å². The van der Waals surface area contributed by atoms with Gasteiger partial charge in [0.1, 0.15) is 11.2 Å². The number of aromatic amines is 1. The maximum Gasteiger partial charge on any atom is 0.242 e. The van der Waals surface area contributed by atoms with Crippen LogP contribution < -0.4 is 5.32 Å². The van der Waals surface area contributed by atoms with E-state index < -0.39 is 5.38 Å². The van der Waals surface area contributed by atoms with Gasteiger partial charge in [0.25, 0.3) is 0 Å². The molecule has 0 saturated heterocycles. The van der Waals surface area contributed by atoms with Crippen LogP contribution in [-0.4, -0.2) is 26.5 Å². The van der Waals surface area contributed by atoms with Crippen molar-refractivity contribution in [3.05, 3.63) is 30.1 Å². The number of carbonyl (C=O) groups is 1. The summed E-state index contributed by atoms with van der Waals surface area (Å²) >= 11 is 5.70. The van der Waals surface area contributed by atoms with Crippen LogP contribution in [0.3, 0.4) is 0 Å². The third-order valence-electron chi connectivity index (χ3n) is 2.35. The van der Waals surface area contributed by atoms with Crippen LogP contribution in [0.4, 0.5) is 5.69 Å². The quantitative estimate of drug-likeness (QED) is 0.836. The average Bonchev–Trinajstić information content (AvgIpc) is 2.76. The van der Waals surface area contributed by atoms with Gasteiger partial charge in [-0.15, -0.1) is 11.6 Å². The monoisotopic (exact) mass is 264 g/mol. The standard InChI is InChI=1S/C12H13ClN4O/c1-7(13)12(18)15-10-5-3-4-9(6-10)11-14-8(2)16-17-11/h3-7H,1-2H3,(H,15,18)(H,14,16,17). The van der Waals surface area contributed by atoms with E-state index in [1.54, 1.807) is 19.1 Å². The highest BCUT2D eigenvalue weighted by molar-refractivity contribution is 6.32. The Morgan fingerprint density at radius 2 is 2.28 bits per heavy atom. The molecule has 1 aromatic carbocycles. The lowest BCUT2D eigenvalue weighted by molar-refractivity contribution is -0.115. The molecule has 0 aliphatic carbocycles. The molecule has 0 bridgehead atoms. The van der Waals surface area contributed by atoms with E-state index in [1.165, 1.54) is 0 Å². The summed E-state index contributed by atoms with van der Waals surface area (Å²) in [5, 5.41) is 8.99. The summed E-state index contributed by atoms with van der Waals surface area (Å²) in [6.45, 7) is 3.46. The summed E-state index contributed by atoms with van der Waals surface area (Å²) in [6.07, 6.45) is 0. The summed E-state index contributed by atoms with van der Waals surface area (Å²) in [7, 11) is 0. The number of aryl methyl sites for hydroxylation is 1. The Bertz CT molecular complexity index is 565. The molecule has 0 radical (unpaired) electrons. The van der Waals surface area contributed by atoms with Crippen molar-refractivity contribution in [2.45, 2.75) is 19.2 Å². The number of nitrogens with one attached hydrogen (secondary N) is 2. The molecule has 0 fully saturated rings. The van der Waals surface area contributed by atoms with Crippen LogP contribution in [0.2, 0.25) is 0 Å². The third-order valence-corrected chi connectivity index (χ3v) is 2.55. The Labute approximate surface area is 110 Å². The summed E-state index contributed by atoms with van der Waals surface area (Å²) in [4.78, 5) is 15.7. The molecule has 0 spiro atoms. The number of amides is 1. The molecule has 1 heterocycles. The number of rotatable bonds is 3. The van der Waals surface area contributed by atoms with Crippen LogP contribution in [-0.2, 0) is 4.79 Å². The smallest absolute Gasteiger partial charge is 0.242 e. The zero-order valence-electron chi connectivity index (χ0n) is 10.1. The number of alkyl halides is 1. The van der Waals surface area contributed by atoms with Crippen molar-refractivity contribution in [2.75, 3.05) is 5.32 Å². The van der Waals surface area contributed by atoms with E-state index in [0.717, 1.165) is 11.4 Å². The molecule has 0 saturated carbocycles. The van der Waals surface area contributed by atoms with Crippen molar-refractivity contribution in [3.63, 3.8) is 0 Å². The van der Waals surface area contributed by atoms with Gasteiger partial charge in [-0.1, -0.05) is 12.1 Å². The maximum absolute atomic E-state index is 11.5. The molecule has 18 heavy (non-hydrogen) atoms. The average molecular weight is 265 g/mol. The molecule has 0 aliphatic rings. The number of benzene rings is 1. The minimum atomic E-state index is -0.570. The number of anilines is 1. The summed E-state index contributed by atoms with van der Waals surface area (Å²) in [6, 6.07) is 7.30. The van der Waals surface area contributed by atoms with Gasteiger partial charge in [-0.2, -0.15) is 5.10 Å². The van der Waals surface area contributed by atoms with E-state index in [9.17, 15) is 4.79 Å². The first-order valence-electron chi connectivity index (χ1n) is 5.50. The second kappa shape index (κ2) is 5.18. The number of H-pyrrole nitrogens is 1. The Morgan fingerprint density at radius 1 is 1.50 bits per heavy atom. The van der Waals surface area contributed by atoms with Crippen LogP contribution in [0.5, 0.6) is 0 Å². The molecule has 0 aliphatic heterocycles. The Morgan fingerprint density at radius 3 is 2.89 bits per heavy atom. The van der Waals surface area contributed by atoms with Crippen molar-refractivity contribution >= 4 is 23.2 Å². The molecule has 1 atom stereocenters. The first kappa shape index (κ1) is 12.6. The fourth-order valence-corrected chi connectivity index (χ4v) is 1.50. The van der Waals surface area contributed by atoms with Crippen LogP contribution in [0.1, 0.15) is 12.7 Å². The second-order valence-corrected chi connectivity index (χ2v) is 4.59. The lowest BCUT2D eigenvalue weighted by Crippen LogP contribution is -2.20. The molecule has 2 aromatic rings. The zero-order chi connectivity index (χ0) is 13.1. The van der Waals surface area contributed by atoms with Gasteiger partial charge in [-0.05, 0) is 26.0 Å². The molecule has 1 aromatic heterocycles. The largest absolute Gasteiger partial charge is 0.325 e. The first-order chi connectivity index (χ1) is 8.56. The van der Waals surface area contributed by atoms with Gasteiger partial charge in [-0.3, -0.25) is 9.89 Å². The summed E-state index contributed by atoms with van der Waals surface area (Å²) in [5.41, 5.74) is 1.51. The van der Waals surface area contributed by atoms with Crippen molar-refractivity contribution in [2.24, 2.45) is 0 Å². The van der Waals surface area contributed by atoms with Crippen LogP contribution >= 0.6 is 11.6 Å². The second-order valence-electron chi connectivity index (χ2n) is 3.93. The molecule has 2 N–H and O–H groups in total. The number of hydrogen-bond acceptors (Lipinski definition) is 3. The molecule has 1 unspecified atom stereocenters. The van der Waals surface area contributed by atoms with Gasteiger partial charge in [0.05, 0.1) is 0 Å². The summed E-state index contributed by atoms with van der Waals surface area (Å²) < 4.78 is 0. The van der Waals surface area contributed by atoms with Gasteiger partial charge in [0, 0.05) is 11.3 Å². The number of carbonyl (C=O) groups excluding carboxylic acids is 1. The molecular weight excluding hydrogens is 252 g/mol. The van der Waals surface area contributed by atoms with E-state index in [-0.39, 0.29) is 5.91 Å². The fourth-order valence-electron chi connectivity index (χ4n) is 1.45. The van der Waals surface area contributed by atoms with E-state index in [4.69, 9.17) is 11.6 Å². The number of hydrogen-bond donors (Lipinski definition) is 2. The van der Waals surface area contributed by atoms with E-state index in [2.05, 4.69) is 20.5 Å². The maximum atomic E-state index is 11.5. The molecule has 6 heteroatoms. The predicted octanol–water partition coefficient (Wildman–Crippen LogP) is 2.35. The summed E-state index contributed by atoms with van der Waals surface area (Å²) in [5.74, 6) is 1.11. The van der Waals surface area contributed by atoms with Crippen LogP contribution in [0, 0.1) is 6.92 Å².